The monoisotopic (exact) mass is 244 g/mol. The number of amides is 2. The molecule has 2 unspecified atom stereocenters. The van der Waals surface area contributed by atoms with Gasteiger partial charge in [0.15, 0.2) is 0 Å². The van der Waals surface area contributed by atoms with Gasteiger partial charge in [-0.1, -0.05) is 12.1 Å². The predicted molar refractivity (Wildman–Crippen MR) is 63.0 cm³/mol. The molecule has 0 radical (unpaired) electrons. The Hall–Kier alpha value is -1.50. The summed E-state index contributed by atoms with van der Waals surface area (Å²) in [5, 5.41) is 16.9. The zero-order chi connectivity index (χ0) is 12.7. The number of nitrogens with zero attached hydrogens (tertiary/aromatic N) is 1. The van der Waals surface area contributed by atoms with Gasteiger partial charge in [-0.15, -0.1) is 0 Å². The number of nitrogens with two attached hydrogens (primary N) is 1. The summed E-state index contributed by atoms with van der Waals surface area (Å²) in [5.74, 6) is 0.112. The molecule has 0 aromatic rings. The lowest BCUT2D eigenvalue weighted by molar-refractivity contribution is 0.188. The summed E-state index contributed by atoms with van der Waals surface area (Å²) in [6.07, 6.45) is 1.89. The standard InChI is InChI=1S/C10H20N4O3/c1-2-7(5-9(11)14-16)12-10(15)13-8-3-4-17-6-8/h7-8,16H,2-6H2,1H3,(H2,11,14)(H2,12,13,15). The molecule has 1 heterocycles. The zero-order valence-electron chi connectivity index (χ0n) is 9.98. The molecule has 0 saturated carbocycles. The van der Waals surface area contributed by atoms with Gasteiger partial charge in [-0.05, 0) is 12.8 Å². The molecule has 2 amide bonds. The highest BCUT2D eigenvalue weighted by Crippen LogP contribution is 2.03. The molecule has 0 aliphatic carbocycles. The van der Waals surface area contributed by atoms with Crippen LogP contribution in [0.5, 0.6) is 0 Å². The fourth-order valence-corrected chi connectivity index (χ4v) is 1.65. The number of oxime groups is 1. The van der Waals surface area contributed by atoms with Gasteiger partial charge < -0.3 is 26.3 Å². The molecule has 17 heavy (non-hydrogen) atoms. The van der Waals surface area contributed by atoms with E-state index < -0.39 is 0 Å². The van der Waals surface area contributed by atoms with E-state index in [1.54, 1.807) is 0 Å². The highest BCUT2D eigenvalue weighted by atomic mass is 16.5. The summed E-state index contributed by atoms with van der Waals surface area (Å²) in [6, 6.07) is -0.289. The third kappa shape index (κ3) is 4.90. The molecular formula is C10H20N4O3. The Labute approximate surface area is 100 Å². The highest BCUT2D eigenvalue weighted by molar-refractivity contribution is 5.81. The summed E-state index contributed by atoms with van der Waals surface area (Å²) in [7, 11) is 0. The van der Waals surface area contributed by atoms with Crippen molar-refractivity contribution in [3.8, 4) is 0 Å². The fourth-order valence-electron chi connectivity index (χ4n) is 1.65. The summed E-state index contributed by atoms with van der Waals surface area (Å²) in [4.78, 5) is 11.6. The van der Waals surface area contributed by atoms with Gasteiger partial charge in [0.2, 0.25) is 0 Å². The van der Waals surface area contributed by atoms with Gasteiger partial charge in [0, 0.05) is 19.1 Å². The Morgan fingerprint density at radius 1 is 1.71 bits per heavy atom. The Kier molecular flexibility index (Phi) is 5.55. The second-order valence-corrected chi connectivity index (χ2v) is 4.08. The maximum atomic E-state index is 11.6. The second kappa shape index (κ2) is 6.95. The molecule has 2 atom stereocenters. The Bertz CT molecular complexity index is 277. The molecule has 0 bridgehead atoms. The number of amidine groups is 1. The van der Waals surface area contributed by atoms with E-state index in [1.807, 2.05) is 6.92 Å². The second-order valence-electron chi connectivity index (χ2n) is 4.08. The molecule has 0 aromatic carbocycles. The summed E-state index contributed by atoms with van der Waals surface area (Å²) in [5.41, 5.74) is 5.40. The van der Waals surface area contributed by atoms with Gasteiger partial charge in [-0.3, -0.25) is 0 Å². The molecular weight excluding hydrogens is 224 g/mol. The van der Waals surface area contributed by atoms with Crippen LogP contribution in [0.15, 0.2) is 5.16 Å². The number of nitrogens with one attached hydrogen (secondary N) is 2. The summed E-state index contributed by atoms with van der Waals surface area (Å²) in [6.45, 7) is 3.17. The Morgan fingerprint density at radius 2 is 2.47 bits per heavy atom. The molecule has 1 aliphatic heterocycles. The zero-order valence-corrected chi connectivity index (χ0v) is 9.98. The average molecular weight is 244 g/mol. The van der Waals surface area contributed by atoms with Crippen molar-refractivity contribution in [1.82, 2.24) is 10.6 Å². The van der Waals surface area contributed by atoms with Crippen LogP contribution in [0.4, 0.5) is 4.79 Å². The van der Waals surface area contributed by atoms with Crippen LogP contribution in [0.2, 0.25) is 0 Å². The van der Waals surface area contributed by atoms with Gasteiger partial charge in [-0.25, -0.2) is 4.79 Å². The minimum absolute atomic E-state index is 0.0800. The fraction of sp³-hybridized carbons (Fsp3) is 0.800. The predicted octanol–water partition coefficient (Wildman–Crippen LogP) is -0.0104. The first kappa shape index (κ1) is 13.6. The van der Waals surface area contributed by atoms with E-state index in [-0.39, 0.29) is 24.0 Å². The van der Waals surface area contributed by atoms with Crippen molar-refractivity contribution in [2.75, 3.05) is 13.2 Å². The van der Waals surface area contributed by atoms with Gasteiger partial charge in [0.05, 0.1) is 12.6 Å². The number of carbonyl (C=O) groups excluding carboxylic acids is 1. The van der Waals surface area contributed by atoms with E-state index in [1.165, 1.54) is 0 Å². The van der Waals surface area contributed by atoms with E-state index in [2.05, 4.69) is 15.8 Å². The third-order valence-corrected chi connectivity index (χ3v) is 2.68. The van der Waals surface area contributed by atoms with E-state index in [0.717, 1.165) is 6.42 Å². The number of ether oxygens (including phenoxy) is 1. The van der Waals surface area contributed by atoms with Gasteiger partial charge in [0.1, 0.15) is 5.84 Å². The molecule has 5 N–H and O–H groups in total. The summed E-state index contributed by atoms with van der Waals surface area (Å²) < 4.78 is 5.16. The molecule has 0 spiro atoms. The smallest absolute Gasteiger partial charge is 0.315 e. The molecule has 1 rings (SSSR count). The average Bonchev–Trinajstić information content (AvgIpc) is 2.80. The first-order valence-electron chi connectivity index (χ1n) is 5.76. The maximum absolute atomic E-state index is 11.6. The van der Waals surface area contributed by atoms with Gasteiger partial charge >= 0.3 is 6.03 Å². The first-order chi connectivity index (χ1) is 8.15. The van der Waals surface area contributed by atoms with E-state index >= 15 is 0 Å². The largest absolute Gasteiger partial charge is 0.409 e. The van der Waals surface area contributed by atoms with Gasteiger partial charge in [0.25, 0.3) is 0 Å². The Morgan fingerprint density at radius 3 is 3.00 bits per heavy atom. The van der Waals surface area contributed by atoms with Crippen LogP contribution < -0.4 is 16.4 Å². The topological polar surface area (TPSA) is 109 Å². The van der Waals surface area contributed by atoms with E-state index in [0.29, 0.717) is 26.1 Å². The van der Waals surface area contributed by atoms with Crippen LogP contribution in [0.1, 0.15) is 26.2 Å². The minimum Gasteiger partial charge on any atom is -0.409 e. The lowest BCUT2D eigenvalue weighted by Gasteiger charge is -2.18. The van der Waals surface area contributed by atoms with Crippen molar-refractivity contribution in [3.05, 3.63) is 0 Å². The molecule has 1 fully saturated rings. The van der Waals surface area contributed by atoms with Crippen LogP contribution >= 0.6 is 0 Å². The van der Waals surface area contributed by atoms with Crippen molar-refractivity contribution in [2.24, 2.45) is 10.9 Å². The number of hydrogen-bond acceptors (Lipinski definition) is 4. The van der Waals surface area contributed by atoms with Crippen LogP contribution in [0, 0.1) is 0 Å². The van der Waals surface area contributed by atoms with Gasteiger partial charge in [-0.2, -0.15) is 0 Å². The SMILES string of the molecule is CCC(CC(N)=NO)NC(=O)NC1CCOC1. The normalized spacial score (nSPS) is 22.2. The van der Waals surface area contributed by atoms with Crippen molar-refractivity contribution < 1.29 is 14.7 Å². The number of urea groups is 1. The summed E-state index contributed by atoms with van der Waals surface area (Å²) >= 11 is 0. The lowest BCUT2D eigenvalue weighted by atomic mass is 10.1. The minimum atomic E-state index is -0.238. The molecule has 7 heteroatoms. The first-order valence-corrected chi connectivity index (χ1v) is 5.76. The lowest BCUT2D eigenvalue weighted by Crippen LogP contribution is -2.47. The number of hydrogen-bond donors (Lipinski definition) is 4. The van der Waals surface area contributed by atoms with Crippen molar-refractivity contribution in [2.45, 2.75) is 38.3 Å². The van der Waals surface area contributed by atoms with Crippen LogP contribution in [-0.4, -0.2) is 42.4 Å². The highest BCUT2D eigenvalue weighted by Gasteiger charge is 2.19. The molecule has 1 saturated heterocycles. The molecule has 7 nitrogen and oxygen atoms in total. The van der Waals surface area contributed by atoms with Crippen LogP contribution in [0.25, 0.3) is 0 Å². The quantitative estimate of drug-likeness (QED) is 0.236. The van der Waals surface area contributed by atoms with Crippen molar-refractivity contribution in [1.29, 1.82) is 0 Å². The molecule has 1 aliphatic rings. The molecule has 0 aromatic heterocycles. The Balaban J connectivity index is 2.31. The van der Waals surface area contributed by atoms with Crippen LogP contribution in [0.3, 0.4) is 0 Å². The number of rotatable bonds is 5. The van der Waals surface area contributed by atoms with Crippen LogP contribution in [-0.2, 0) is 4.74 Å². The molecule has 98 valence electrons. The third-order valence-electron chi connectivity index (χ3n) is 2.68. The van der Waals surface area contributed by atoms with E-state index in [4.69, 9.17) is 15.7 Å². The van der Waals surface area contributed by atoms with Crippen molar-refractivity contribution in [3.63, 3.8) is 0 Å². The number of carbonyl (C=O) groups is 1. The van der Waals surface area contributed by atoms with E-state index in [9.17, 15) is 4.79 Å². The van der Waals surface area contributed by atoms with Crippen molar-refractivity contribution >= 4 is 11.9 Å². The maximum Gasteiger partial charge on any atom is 0.315 e.